The molecule has 6 nitrogen and oxygen atoms in total. The first-order valence-electron chi connectivity index (χ1n) is 9.66. The second kappa shape index (κ2) is 9.56. The molecule has 0 saturated carbocycles. The first-order valence-corrected chi connectivity index (χ1v) is 12.0. The number of carbonyl (C=O) groups is 1. The number of sulfonamides is 1. The quantitative estimate of drug-likeness (QED) is 0.653. The van der Waals surface area contributed by atoms with Crippen LogP contribution in [0.1, 0.15) is 37.0 Å². The Morgan fingerprint density at radius 1 is 1.21 bits per heavy atom. The average Bonchev–Trinajstić information content (AvgIpc) is 3.23. The summed E-state index contributed by atoms with van der Waals surface area (Å²) in [4.78, 5) is 15.0. The van der Waals surface area contributed by atoms with Gasteiger partial charge >= 0.3 is 0 Å². The Morgan fingerprint density at radius 2 is 1.97 bits per heavy atom. The maximum Gasteiger partial charge on any atom is 0.271 e. The van der Waals surface area contributed by atoms with Crippen molar-refractivity contribution in [3.05, 3.63) is 59.0 Å². The number of benzene rings is 1. The fraction of sp³-hybridized carbons (Fsp3) is 0.381. The van der Waals surface area contributed by atoms with Gasteiger partial charge in [0.05, 0.1) is 0 Å². The van der Waals surface area contributed by atoms with Gasteiger partial charge < -0.3 is 5.32 Å². The number of hydrogen-bond donors (Lipinski definition) is 2. The zero-order valence-electron chi connectivity index (χ0n) is 16.7. The minimum Gasteiger partial charge on any atom is -0.349 e. The Hall–Kier alpha value is -2.16. The highest BCUT2D eigenvalue weighted by atomic mass is 32.2. The molecule has 2 heterocycles. The predicted octanol–water partition coefficient (Wildman–Crippen LogP) is 3.71. The summed E-state index contributed by atoms with van der Waals surface area (Å²) in [6, 6.07) is 9.97. The molecule has 1 amide bonds. The maximum absolute atomic E-state index is 12.6. The van der Waals surface area contributed by atoms with Crippen LogP contribution in [-0.4, -0.2) is 44.9 Å². The van der Waals surface area contributed by atoms with Gasteiger partial charge in [0, 0.05) is 36.9 Å². The van der Waals surface area contributed by atoms with E-state index in [4.69, 9.17) is 0 Å². The van der Waals surface area contributed by atoms with Crippen LogP contribution in [-0.2, 0) is 10.0 Å². The molecule has 29 heavy (non-hydrogen) atoms. The fourth-order valence-electron chi connectivity index (χ4n) is 3.19. The molecule has 1 aromatic carbocycles. The number of likely N-dealkylation sites (tertiary alicyclic amines) is 1. The molecule has 0 unspecified atom stereocenters. The highest BCUT2D eigenvalue weighted by molar-refractivity contribution is 7.94. The van der Waals surface area contributed by atoms with Gasteiger partial charge in [0.1, 0.15) is 4.21 Å². The van der Waals surface area contributed by atoms with Gasteiger partial charge in [-0.1, -0.05) is 23.8 Å². The van der Waals surface area contributed by atoms with Crippen LogP contribution in [0, 0.1) is 0 Å². The lowest BCUT2D eigenvalue weighted by Gasteiger charge is -2.31. The standard InChI is InChI=1S/C21H27N3O3S2/c1-16(2)8-11-24-12-9-18(10-13-24)22-21(25)17-5-3-6-19(15-17)23-29(26,27)20-7-4-14-28-20/h3-8,14-15,18,23H,9-13H2,1-2H3,(H,22,25). The summed E-state index contributed by atoms with van der Waals surface area (Å²) < 4.78 is 27.5. The molecule has 1 saturated heterocycles. The summed E-state index contributed by atoms with van der Waals surface area (Å²) in [6.07, 6.45) is 4.04. The van der Waals surface area contributed by atoms with Crippen LogP contribution in [0.3, 0.4) is 0 Å². The van der Waals surface area contributed by atoms with Gasteiger partial charge in [-0.3, -0.25) is 14.4 Å². The molecular weight excluding hydrogens is 406 g/mol. The third-order valence-corrected chi connectivity index (χ3v) is 7.60. The number of anilines is 1. The van der Waals surface area contributed by atoms with Crippen LogP contribution >= 0.6 is 11.3 Å². The lowest BCUT2D eigenvalue weighted by atomic mass is 10.0. The van der Waals surface area contributed by atoms with Gasteiger partial charge in [0.2, 0.25) is 0 Å². The average molecular weight is 434 g/mol. The normalized spacial score (nSPS) is 15.7. The van der Waals surface area contributed by atoms with Gasteiger partial charge in [-0.2, -0.15) is 0 Å². The van der Waals surface area contributed by atoms with E-state index in [-0.39, 0.29) is 16.2 Å². The molecule has 3 rings (SSSR count). The van der Waals surface area contributed by atoms with Crippen molar-refractivity contribution < 1.29 is 13.2 Å². The second-order valence-electron chi connectivity index (χ2n) is 7.45. The first-order chi connectivity index (χ1) is 13.8. The number of carbonyl (C=O) groups excluding carboxylic acids is 1. The molecule has 2 aromatic rings. The second-order valence-corrected chi connectivity index (χ2v) is 10.3. The monoisotopic (exact) mass is 433 g/mol. The van der Waals surface area contributed by atoms with E-state index in [1.165, 1.54) is 5.57 Å². The Labute approximate surface area is 176 Å². The summed E-state index contributed by atoms with van der Waals surface area (Å²) >= 11 is 1.15. The molecule has 1 aliphatic heterocycles. The number of nitrogens with zero attached hydrogens (tertiary/aromatic N) is 1. The number of rotatable bonds is 7. The summed E-state index contributed by atoms with van der Waals surface area (Å²) in [6.45, 7) is 7.06. The van der Waals surface area contributed by atoms with Crippen LogP contribution in [0.2, 0.25) is 0 Å². The van der Waals surface area contributed by atoms with E-state index in [0.29, 0.717) is 11.3 Å². The number of amides is 1. The van der Waals surface area contributed by atoms with Crippen LogP contribution < -0.4 is 10.0 Å². The lowest BCUT2D eigenvalue weighted by Crippen LogP contribution is -2.44. The van der Waals surface area contributed by atoms with E-state index in [0.717, 1.165) is 43.8 Å². The number of allylic oxidation sites excluding steroid dienone is 1. The van der Waals surface area contributed by atoms with Crippen molar-refractivity contribution in [1.82, 2.24) is 10.2 Å². The first kappa shape index (κ1) is 21.5. The van der Waals surface area contributed by atoms with E-state index in [9.17, 15) is 13.2 Å². The Kier molecular flexibility index (Phi) is 7.10. The number of thiophene rings is 1. The lowest BCUT2D eigenvalue weighted by molar-refractivity contribution is 0.0914. The van der Waals surface area contributed by atoms with Gasteiger partial charge in [-0.15, -0.1) is 11.3 Å². The Bertz CT molecular complexity index is 957. The van der Waals surface area contributed by atoms with Crippen molar-refractivity contribution in [2.75, 3.05) is 24.4 Å². The Morgan fingerprint density at radius 3 is 2.62 bits per heavy atom. The minimum atomic E-state index is -3.63. The van der Waals surface area contributed by atoms with E-state index < -0.39 is 10.0 Å². The number of piperidine rings is 1. The molecule has 0 atom stereocenters. The number of nitrogens with one attached hydrogen (secondary N) is 2. The minimum absolute atomic E-state index is 0.136. The summed E-state index contributed by atoms with van der Waals surface area (Å²) in [7, 11) is -3.63. The SMILES string of the molecule is CC(C)=CCN1CCC(NC(=O)c2cccc(NS(=O)(=O)c3cccs3)c2)CC1. The van der Waals surface area contributed by atoms with E-state index in [1.807, 2.05) is 0 Å². The van der Waals surface area contributed by atoms with Crippen LogP contribution in [0.4, 0.5) is 5.69 Å². The molecule has 1 fully saturated rings. The van der Waals surface area contributed by atoms with Crippen molar-refractivity contribution in [3.8, 4) is 0 Å². The summed E-state index contributed by atoms with van der Waals surface area (Å²) in [5.41, 5.74) is 2.14. The van der Waals surface area contributed by atoms with E-state index >= 15 is 0 Å². The van der Waals surface area contributed by atoms with Crippen LogP contribution in [0.25, 0.3) is 0 Å². The maximum atomic E-state index is 12.6. The summed E-state index contributed by atoms with van der Waals surface area (Å²) in [5, 5.41) is 4.79. The van der Waals surface area contributed by atoms with Crippen molar-refractivity contribution in [1.29, 1.82) is 0 Å². The third kappa shape index (κ3) is 6.16. The highest BCUT2D eigenvalue weighted by Gasteiger charge is 2.21. The van der Waals surface area contributed by atoms with Crippen molar-refractivity contribution in [3.63, 3.8) is 0 Å². The highest BCUT2D eigenvalue weighted by Crippen LogP contribution is 2.21. The predicted molar refractivity (Wildman–Crippen MR) is 118 cm³/mol. The van der Waals surface area contributed by atoms with Gasteiger partial charge in [-0.05, 0) is 56.3 Å². The largest absolute Gasteiger partial charge is 0.349 e. The van der Waals surface area contributed by atoms with Gasteiger partial charge in [0.25, 0.3) is 15.9 Å². The Balaban J connectivity index is 1.57. The fourth-order valence-corrected chi connectivity index (χ4v) is 5.23. The molecule has 1 aliphatic rings. The molecule has 1 aromatic heterocycles. The van der Waals surface area contributed by atoms with Crippen molar-refractivity contribution in [2.45, 2.75) is 36.9 Å². The van der Waals surface area contributed by atoms with Crippen molar-refractivity contribution >= 4 is 33.0 Å². The van der Waals surface area contributed by atoms with Crippen molar-refractivity contribution in [2.24, 2.45) is 0 Å². The molecule has 0 aliphatic carbocycles. The molecule has 0 spiro atoms. The van der Waals surface area contributed by atoms with E-state index in [1.54, 1.807) is 41.8 Å². The molecular formula is C21H27N3O3S2. The smallest absolute Gasteiger partial charge is 0.271 e. The molecule has 2 N–H and O–H groups in total. The zero-order valence-corrected chi connectivity index (χ0v) is 18.4. The van der Waals surface area contributed by atoms with Crippen LogP contribution in [0.15, 0.2) is 57.6 Å². The molecule has 0 radical (unpaired) electrons. The van der Waals surface area contributed by atoms with E-state index in [2.05, 4.69) is 34.9 Å². The third-order valence-electron chi connectivity index (χ3n) is 4.82. The molecule has 156 valence electrons. The molecule has 8 heteroatoms. The molecule has 0 bridgehead atoms. The zero-order chi connectivity index (χ0) is 20.9. The summed E-state index contributed by atoms with van der Waals surface area (Å²) in [5.74, 6) is -0.176. The topological polar surface area (TPSA) is 78.5 Å². The van der Waals surface area contributed by atoms with Gasteiger partial charge in [0.15, 0.2) is 0 Å². The number of hydrogen-bond acceptors (Lipinski definition) is 5. The van der Waals surface area contributed by atoms with Crippen LogP contribution in [0.5, 0.6) is 0 Å². The van der Waals surface area contributed by atoms with Gasteiger partial charge in [-0.25, -0.2) is 8.42 Å².